The molecule has 1 aromatic carbocycles. The van der Waals surface area contributed by atoms with Crippen LogP contribution < -0.4 is 5.73 Å². The van der Waals surface area contributed by atoms with Crippen molar-refractivity contribution in [3.8, 4) is 0 Å². The maximum absolute atomic E-state index is 6.24. The number of thioether (sulfide) groups is 1. The number of rotatable bonds is 4. The molecule has 3 unspecified atom stereocenters. The molecular weight excluding hydrogens is 308 g/mol. The Morgan fingerprint density at radius 2 is 2.17 bits per heavy atom. The number of nitrogens with zero attached hydrogens (tertiary/aromatic N) is 1. The summed E-state index contributed by atoms with van der Waals surface area (Å²) in [5, 5.41) is 0. The summed E-state index contributed by atoms with van der Waals surface area (Å²) in [6.07, 6.45) is 1.27. The number of hydrogen-bond donors (Lipinski definition) is 1. The Balaban J connectivity index is 2.25. The van der Waals surface area contributed by atoms with E-state index in [1.165, 1.54) is 23.5 Å². The quantitative estimate of drug-likeness (QED) is 0.919. The van der Waals surface area contributed by atoms with Crippen molar-refractivity contribution in [2.45, 2.75) is 31.5 Å². The molecule has 18 heavy (non-hydrogen) atoms. The molecule has 2 N–H and O–H groups in total. The molecule has 1 saturated heterocycles. The van der Waals surface area contributed by atoms with E-state index in [-0.39, 0.29) is 12.1 Å². The Bertz CT molecular complexity index is 391. The molecule has 0 aliphatic carbocycles. The maximum Gasteiger partial charge on any atom is 0.0507 e. The molecule has 0 bridgehead atoms. The van der Waals surface area contributed by atoms with Crippen molar-refractivity contribution >= 4 is 27.7 Å². The second kappa shape index (κ2) is 6.42. The molecule has 1 heterocycles. The van der Waals surface area contributed by atoms with Crippen molar-refractivity contribution in [2.75, 3.05) is 18.6 Å². The molecule has 1 aliphatic rings. The van der Waals surface area contributed by atoms with Gasteiger partial charge in [-0.1, -0.05) is 34.1 Å². The zero-order valence-electron chi connectivity index (χ0n) is 11.0. The van der Waals surface area contributed by atoms with Crippen LogP contribution in [0.1, 0.15) is 24.9 Å². The first-order valence-corrected chi connectivity index (χ1v) is 8.35. The summed E-state index contributed by atoms with van der Waals surface area (Å²) in [4.78, 5) is 2.46. The molecule has 1 aromatic rings. The third-order valence-electron chi connectivity index (χ3n) is 3.64. The maximum atomic E-state index is 6.24. The van der Waals surface area contributed by atoms with Gasteiger partial charge in [0, 0.05) is 22.3 Å². The Kier molecular flexibility index (Phi) is 5.13. The minimum atomic E-state index is 0.124. The van der Waals surface area contributed by atoms with Crippen LogP contribution in [0.2, 0.25) is 0 Å². The Morgan fingerprint density at radius 3 is 2.72 bits per heavy atom. The van der Waals surface area contributed by atoms with Crippen molar-refractivity contribution in [1.82, 2.24) is 4.90 Å². The predicted molar refractivity (Wildman–Crippen MR) is 84.0 cm³/mol. The first-order chi connectivity index (χ1) is 8.61. The fourth-order valence-corrected chi connectivity index (χ4v) is 4.46. The van der Waals surface area contributed by atoms with Crippen molar-refractivity contribution in [3.05, 3.63) is 34.3 Å². The number of nitrogens with two attached hydrogens (primary N) is 1. The second-order valence-corrected chi connectivity index (χ2v) is 7.01. The molecule has 0 amide bonds. The Labute approximate surface area is 122 Å². The highest BCUT2D eigenvalue weighted by molar-refractivity contribution is 9.10. The molecule has 100 valence electrons. The zero-order chi connectivity index (χ0) is 13.1. The van der Waals surface area contributed by atoms with Crippen LogP contribution in [0.4, 0.5) is 0 Å². The summed E-state index contributed by atoms with van der Waals surface area (Å²) < 4.78 is 1.16. The van der Waals surface area contributed by atoms with Gasteiger partial charge in [-0.25, -0.2) is 0 Å². The number of benzene rings is 1. The van der Waals surface area contributed by atoms with E-state index >= 15 is 0 Å². The number of halogens is 1. The van der Waals surface area contributed by atoms with Gasteiger partial charge in [0.05, 0.1) is 6.04 Å². The van der Waals surface area contributed by atoms with Gasteiger partial charge in [-0.2, -0.15) is 11.8 Å². The Morgan fingerprint density at radius 1 is 1.44 bits per heavy atom. The lowest BCUT2D eigenvalue weighted by molar-refractivity contribution is 0.168. The number of hydrogen-bond acceptors (Lipinski definition) is 3. The summed E-state index contributed by atoms with van der Waals surface area (Å²) in [7, 11) is 2.21. The summed E-state index contributed by atoms with van der Waals surface area (Å²) in [6.45, 7) is 2.10. The predicted octanol–water partition coefficient (Wildman–Crippen LogP) is 3.27. The van der Waals surface area contributed by atoms with Gasteiger partial charge in [-0.05, 0) is 37.8 Å². The van der Waals surface area contributed by atoms with E-state index in [1.54, 1.807) is 0 Å². The van der Waals surface area contributed by atoms with Gasteiger partial charge in [0.25, 0.3) is 0 Å². The average molecular weight is 329 g/mol. The van der Waals surface area contributed by atoms with Crippen molar-refractivity contribution in [2.24, 2.45) is 5.73 Å². The molecule has 2 rings (SSSR count). The average Bonchev–Trinajstić information content (AvgIpc) is 2.85. The fraction of sp³-hybridized carbons (Fsp3) is 0.571. The lowest BCUT2D eigenvalue weighted by Crippen LogP contribution is -2.43. The molecule has 0 saturated carbocycles. The largest absolute Gasteiger partial charge is 0.326 e. The molecule has 0 aromatic heterocycles. The monoisotopic (exact) mass is 328 g/mol. The normalized spacial score (nSPS) is 23.3. The van der Waals surface area contributed by atoms with Crippen LogP contribution in [0.5, 0.6) is 0 Å². The van der Waals surface area contributed by atoms with Gasteiger partial charge >= 0.3 is 0 Å². The molecule has 3 atom stereocenters. The summed E-state index contributed by atoms with van der Waals surface area (Å²) in [6, 6.07) is 9.48. The highest BCUT2D eigenvalue weighted by Crippen LogP contribution is 2.33. The SMILES string of the molecule is CC(N)C(c1ccccc1Br)N(C)C1CCSC1. The van der Waals surface area contributed by atoms with Crippen LogP contribution >= 0.6 is 27.7 Å². The van der Waals surface area contributed by atoms with Crippen molar-refractivity contribution in [3.63, 3.8) is 0 Å². The van der Waals surface area contributed by atoms with E-state index < -0.39 is 0 Å². The first kappa shape index (κ1) is 14.4. The van der Waals surface area contributed by atoms with Gasteiger partial charge in [0.15, 0.2) is 0 Å². The van der Waals surface area contributed by atoms with Crippen LogP contribution in [0, 0.1) is 0 Å². The van der Waals surface area contributed by atoms with E-state index in [2.05, 4.69) is 59.1 Å². The molecule has 0 spiro atoms. The van der Waals surface area contributed by atoms with Gasteiger partial charge in [-0.3, -0.25) is 4.90 Å². The minimum absolute atomic E-state index is 0.124. The molecule has 1 aliphatic heterocycles. The van der Waals surface area contributed by atoms with E-state index in [0.29, 0.717) is 6.04 Å². The van der Waals surface area contributed by atoms with Crippen LogP contribution in [-0.4, -0.2) is 35.5 Å². The smallest absolute Gasteiger partial charge is 0.0507 e. The summed E-state index contributed by atoms with van der Waals surface area (Å²) in [5.74, 6) is 2.50. The highest BCUT2D eigenvalue weighted by atomic mass is 79.9. The van der Waals surface area contributed by atoms with Gasteiger partial charge in [-0.15, -0.1) is 0 Å². The molecular formula is C14H21BrN2S. The molecule has 1 fully saturated rings. The van der Waals surface area contributed by atoms with Crippen LogP contribution in [0.3, 0.4) is 0 Å². The fourth-order valence-electron chi connectivity index (χ4n) is 2.66. The van der Waals surface area contributed by atoms with Gasteiger partial charge in [0.2, 0.25) is 0 Å². The third-order valence-corrected chi connectivity index (χ3v) is 5.51. The standard InChI is InChI=1S/C14H21BrN2S/c1-10(16)14(12-5-3-4-6-13(12)15)17(2)11-7-8-18-9-11/h3-6,10-11,14H,7-9,16H2,1-2H3. The topological polar surface area (TPSA) is 29.3 Å². The van der Waals surface area contributed by atoms with Gasteiger partial charge < -0.3 is 5.73 Å². The van der Waals surface area contributed by atoms with E-state index in [0.717, 1.165) is 4.47 Å². The highest BCUT2D eigenvalue weighted by Gasteiger charge is 2.30. The first-order valence-electron chi connectivity index (χ1n) is 6.41. The molecule has 2 nitrogen and oxygen atoms in total. The summed E-state index contributed by atoms with van der Waals surface area (Å²) >= 11 is 5.70. The summed E-state index contributed by atoms with van der Waals surface area (Å²) in [5.41, 5.74) is 7.53. The van der Waals surface area contributed by atoms with Crippen LogP contribution in [0.25, 0.3) is 0 Å². The van der Waals surface area contributed by atoms with Gasteiger partial charge in [0.1, 0.15) is 0 Å². The second-order valence-electron chi connectivity index (χ2n) is 5.01. The lowest BCUT2D eigenvalue weighted by atomic mass is 9.98. The van der Waals surface area contributed by atoms with E-state index in [9.17, 15) is 0 Å². The van der Waals surface area contributed by atoms with E-state index in [4.69, 9.17) is 5.73 Å². The minimum Gasteiger partial charge on any atom is -0.326 e. The third kappa shape index (κ3) is 3.10. The number of likely N-dealkylation sites (N-methyl/N-ethyl adjacent to an activating group) is 1. The van der Waals surface area contributed by atoms with Crippen molar-refractivity contribution in [1.29, 1.82) is 0 Å². The van der Waals surface area contributed by atoms with Crippen LogP contribution in [0.15, 0.2) is 28.7 Å². The Hall–Kier alpha value is -0.0300. The zero-order valence-corrected chi connectivity index (χ0v) is 13.4. The van der Waals surface area contributed by atoms with E-state index in [1.807, 2.05) is 11.8 Å². The molecule has 0 radical (unpaired) electrons. The lowest BCUT2D eigenvalue weighted by Gasteiger charge is -2.36. The van der Waals surface area contributed by atoms with Crippen LogP contribution in [-0.2, 0) is 0 Å². The molecule has 4 heteroatoms. The van der Waals surface area contributed by atoms with Crippen molar-refractivity contribution < 1.29 is 0 Å².